The van der Waals surface area contributed by atoms with Gasteiger partial charge in [-0.2, -0.15) is 5.10 Å². The van der Waals surface area contributed by atoms with Crippen LogP contribution < -0.4 is 5.69 Å². The third-order valence-corrected chi connectivity index (χ3v) is 4.22. The molecule has 2 aromatic rings. The van der Waals surface area contributed by atoms with Crippen molar-refractivity contribution in [2.24, 2.45) is 0 Å². The van der Waals surface area contributed by atoms with Crippen molar-refractivity contribution in [2.45, 2.75) is 38.8 Å². The first-order valence-corrected chi connectivity index (χ1v) is 8.07. The molecule has 0 spiro atoms. The van der Waals surface area contributed by atoms with E-state index in [4.69, 9.17) is 11.6 Å². The maximum atomic E-state index is 12.8. The summed E-state index contributed by atoms with van der Waals surface area (Å²) in [6.07, 6.45) is 5.71. The maximum Gasteiger partial charge on any atom is 0.345 e. The van der Waals surface area contributed by atoms with Crippen LogP contribution in [0.4, 0.5) is 0 Å². The van der Waals surface area contributed by atoms with Crippen LogP contribution >= 0.6 is 11.6 Å². The van der Waals surface area contributed by atoms with E-state index in [-0.39, 0.29) is 17.6 Å². The number of nitrogens with one attached hydrogen (secondary N) is 1. The Bertz CT molecular complexity index is 769. The first-order valence-electron chi connectivity index (χ1n) is 7.69. The highest BCUT2D eigenvalue weighted by atomic mass is 35.5. The van der Waals surface area contributed by atoms with Gasteiger partial charge in [-0.05, 0) is 25.3 Å². The highest BCUT2D eigenvalue weighted by Crippen LogP contribution is 2.32. The van der Waals surface area contributed by atoms with Gasteiger partial charge in [0.25, 0.3) is 5.91 Å². The first kappa shape index (κ1) is 15.7. The number of rotatable bonds is 4. The molecule has 0 aromatic carbocycles. The number of likely N-dealkylation sites (tertiary alicyclic amines) is 1. The number of hydrogen-bond acceptors (Lipinski definition) is 4. The second-order valence-corrected chi connectivity index (χ2v) is 5.98. The largest absolute Gasteiger partial charge is 0.345 e. The van der Waals surface area contributed by atoms with Crippen molar-refractivity contribution in [3.05, 3.63) is 45.4 Å². The molecule has 0 unspecified atom stereocenters. The number of aromatic nitrogens is 4. The topological polar surface area (TPSA) is 83.9 Å². The summed E-state index contributed by atoms with van der Waals surface area (Å²) >= 11 is 6.17. The molecule has 1 aliphatic rings. The van der Waals surface area contributed by atoms with Gasteiger partial charge < -0.3 is 9.88 Å². The zero-order valence-electron chi connectivity index (χ0n) is 12.8. The number of aryl methyl sites for hydroxylation is 1. The van der Waals surface area contributed by atoms with Crippen LogP contribution in [0.2, 0.25) is 5.02 Å². The van der Waals surface area contributed by atoms with E-state index in [2.05, 4.69) is 15.1 Å². The number of aromatic amines is 1. The standard InChI is InChI=1S/C15H18ClN5O2/c1-2-7-20-9-10(16)13(19-20)14(22)21-8-3-4-12(21)11-5-6-17-15(23)18-11/h5-6,9,12H,2-4,7-8H2,1H3,(H,17,18,23)/t12-/m0/s1. The Balaban J connectivity index is 1.87. The average molecular weight is 336 g/mol. The molecule has 7 nitrogen and oxygen atoms in total. The van der Waals surface area contributed by atoms with Crippen LogP contribution in [-0.4, -0.2) is 37.1 Å². The van der Waals surface area contributed by atoms with Gasteiger partial charge in [-0.3, -0.25) is 9.48 Å². The Morgan fingerprint density at radius 2 is 2.35 bits per heavy atom. The normalized spacial score (nSPS) is 17.7. The fraction of sp³-hybridized carbons (Fsp3) is 0.467. The van der Waals surface area contributed by atoms with Crippen molar-refractivity contribution < 1.29 is 4.79 Å². The zero-order chi connectivity index (χ0) is 16.4. The number of halogens is 1. The Kier molecular flexibility index (Phi) is 4.47. The molecule has 0 saturated carbocycles. The molecule has 8 heteroatoms. The molecule has 0 aliphatic carbocycles. The predicted octanol–water partition coefficient (Wildman–Crippen LogP) is 2.01. The van der Waals surface area contributed by atoms with Crippen molar-refractivity contribution in [2.75, 3.05) is 6.54 Å². The number of carbonyl (C=O) groups excluding carboxylic acids is 1. The van der Waals surface area contributed by atoms with Crippen LogP contribution in [0.25, 0.3) is 0 Å². The van der Waals surface area contributed by atoms with Crippen LogP contribution in [0.1, 0.15) is 48.4 Å². The monoisotopic (exact) mass is 335 g/mol. The Morgan fingerprint density at radius 3 is 3.09 bits per heavy atom. The summed E-state index contributed by atoms with van der Waals surface area (Å²) in [5, 5.41) is 4.66. The lowest BCUT2D eigenvalue weighted by atomic mass is 10.1. The maximum absolute atomic E-state index is 12.8. The highest BCUT2D eigenvalue weighted by molar-refractivity contribution is 6.33. The van der Waals surface area contributed by atoms with Crippen molar-refractivity contribution in [3.8, 4) is 0 Å². The van der Waals surface area contributed by atoms with Gasteiger partial charge in [-0.15, -0.1) is 0 Å². The van der Waals surface area contributed by atoms with E-state index in [9.17, 15) is 9.59 Å². The molecule has 3 rings (SSSR count). The van der Waals surface area contributed by atoms with Crippen LogP contribution in [-0.2, 0) is 6.54 Å². The molecule has 1 N–H and O–H groups in total. The summed E-state index contributed by atoms with van der Waals surface area (Å²) < 4.78 is 1.69. The molecule has 1 atom stereocenters. The summed E-state index contributed by atoms with van der Waals surface area (Å²) in [6.45, 7) is 3.37. The van der Waals surface area contributed by atoms with Gasteiger partial charge in [0.15, 0.2) is 5.69 Å². The van der Waals surface area contributed by atoms with Crippen molar-refractivity contribution in [3.63, 3.8) is 0 Å². The molecule has 0 bridgehead atoms. The van der Waals surface area contributed by atoms with Crippen molar-refractivity contribution >= 4 is 17.5 Å². The van der Waals surface area contributed by atoms with E-state index in [1.807, 2.05) is 6.92 Å². The molecular weight excluding hydrogens is 318 g/mol. The number of amides is 1. The minimum absolute atomic E-state index is 0.175. The second kappa shape index (κ2) is 6.54. The van der Waals surface area contributed by atoms with Gasteiger partial charge in [0.1, 0.15) is 0 Å². The summed E-state index contributed by atoms with van der Waals surface area (Å²) in [5.74, 6) is -0.204. The van der Waals surface area contributed by atoms with Gasteiger partial charge in [0.2, 0.25) is 0 Å². The molecule has 0 radical (unpaired) electrons. The summed E-state index contributed by atoms with van der Waals surface area (Å²) in [4.78, 5) is 32.3. The highest BCUT2D eigenvalue weighted by Gasteiger charge is 2.33. The van der Waals surface area contributed by atoms with E-state index < -0.39 is 5.69 Å². The average Bonchev–Trinajstić information content (AvgIpc) is 3.14. The summed E-state index contributed by atoms with van der Waals surface area (Å²) in [7, 11) is 0. The lowest BCUT2D eigenvalue weighted by molar-refractivity contribution is 0.0726. The van der Waals surface area contributed by atoms with E-state index in [0.29, 0.717) is 23.8 Å². The minimum Gasteiger partial charge on any atom is -0.329 e. The van der Waals surface area contributed by atoms with Gasteiger partial charge in [-0.1, -0.05) is 18.5 Å². The van der Waals surface area contributed by atoms with E-state index in [1.54, 1.807) is 21.8 Å². The molecule has 1 saturated heterocycles. The third-order valence-electron chi connectivity index (χ3n) is 3.94. The molecule has 122 valence electrons. The van der Waals surface area contributed by atoms with Crippen molar-refractivity contribution in [1.82, 2.24) is 24.6 Å². The number of carbonyl (C=O) groups is 1. The quantitative estimate of drug-likeness (QED) is 0.926. The number of nitrogens with zero attached hydrogens (tertiary/aromatic N) is 4. The van der Waals surface area contributed by atoms with E-state index in [0.717, 1.165) is 19.3 Å². The third kappa shape index (κ3) is 3.14. The predicted molar refractivity (Wildman–Crippen MR) is 85.4 cm³/mol. The molecular formula is C15H18ClN5O2. The summed E-state index contributed by atoms with van der Waals surface area (Å²) in [5.41, 5.74) is 0.551. The van der Waals surface area contributed by atoms with Gasteiger partial charge >= 0.3 is 5.69 Å². The fourth-order valence-electron chi connectivity index (χ4n) is 2.93. The lowest BCUT2D eigenvalue weighted by Gasteiger charge is -2.23. The molecule has 3 heterocycles. The smallest absolute Gasteiger partial charge is 0.329 e. The van der Waals surface area contributed by atoms with Crippen molar-refractivity contribution in [1.29, 1.82) is 0 Å². The zero-order valence-corrected chi connectivity index (χ0v) is 13.6. The van der Waals surface area contributed by atoms with Gasteiger partial charge in [0, 0.05) is 31.2 Å². The number of H-pyrrole nitrogens is 1. The fourth-order valence-corrected chi connectivity index (χ4v) is 3.16. The molecule has 1 aliphatic heterocycles. The van der Waals surface area contributed by atoms with Gasteiger partial charge in [-0.25, -0.2) is 9.78 Å². The van der Waals surface area contributed by atoms with E-state index in [1.165, 1.54) is 6.20 Å². The van der Waals surface area contributed by atoms with Crippen LogP contribution in [0.5, 0.6) is 0 Å². The molecule has 23 heavy (non-hydrogen) atoms. The Labute approximate surface area is 138 Å². The summed E-state index contributed by atoms with van der Waals surface area (Å²) in [6, 6.07) is 1.56. The molecule has 2 aromatic heterocycles. The van der Waals surface area contributed by atoms with E-state index >= 15 is 0 Å². The molecule has 1 amide bonds. The minimum atomic E-state index is -0.410. The molecule has 1 fully saturated rings. The SMILES string of the molecule is CCCn1cc(Cl)c(C(=O)N2CCC[C@H]2c2ccnc(=O)[nH]2)n1. The van der Waals surface area contributed by atoms with Gasteiger partial charge in [0.05, 0.1) is 11.1 Å². The Hall–Kier alpha value is -2.15. The number of hydrogen-bond donors (Lipinski definition) is 1. The van der Waals surface area contributed by atoms with Crippen LogP contribution in [0.3, 0.4) is 0 Å². The van der Waals surface area contributed by atoms with Crippen LogP contribution in [0, 0.1) is 0 Å². The lowest BCUT2D eigenvalue weighted by Crippen LogP contribution is -2.32. The second-order valence-electron chi connectivity index (χ2n) is 5.58. The van der Waals surface area contributed by atoms with Crippen LogP contribution in [0.15, 0.2) is 23.3 Å². The Morgan fingerprint density at radius 1 is 1.52 bits per heavy atom. The first-order chi connectivity index (χ1) is 11.1.